The number of nitrogens with one attached hydrogen (secondary N) is 1. The summed E-state index contributed by atoms with van der Waals surface area (Å²) < 4.78 is 9.00. The molecule has 0 bridgehead atoms. The van der Waals surface area contributed by atoms with Crippen LogP contribution in [0.15, 0.2) is 115 Å². The average Bonchev–Trinajstić information content (AvgIpc) is 3.97. The van der Waals surface area contributed by atoms with E-state index in [9.17, 15) is 14.7 Å². The molecule has 5 heterocycles. The zero-order valence-electron chi connectivity index (χ0n) is 33.9. The van der Waals surface area contributed by atoms with Crippen LogP contribution in [0.1, 0.15) is 54.5 Å². The van der Waals surface area contributed by atoms with Gasteiger partial charge in [-0.15, -0.1) is 5.10 Å². The van der Waals surface area contributed by atoms with Crippen molar-refractivity contribution in [3.05, 3.63) is 138 Å². The molecular weight excluding hydrogens is 759 g/mol. The van der Waals surface area contributed by atoms with Gasteiger partial charge in [0.1, 0.15) is 5.54 Å². The Hall–Kier alpha value is -5.18. The van der Waals surface area contributed by atoms with E-state index in [1.165, 1.54) is 0 Å². The number of piperidine rings is 1. The van der Waals surface area contributed by atoms with Crippen LogP contribution >= 0.6 is 0 Å². The lowest BCUT2D eigenvalue weighted by Crippen LogP contribution is -2.55. The number of carbonyl (C=O) groups excluding carboxylic acids is 2. The van der Waals surface area contributed by atoms with E-state index < -0.39 is 25.6 Å². The molecule has 3 N–H and O–H groups in total. The van der Waals surface area contributed by atoms with Crippen LogP contribution in [0.25, 0.3) is 0 Å². The number of rotatable bonds is 11. The van der Waals surface area contributed by atoms with Crippen LogP contribution in [-0.4, -0.2) is 83.0 Å². The lowest BCUT2D eigenvalue weighted by molar-refractivity contribution is -0.146. The molecule has 3 saturated heterocycles. The van der Waals surface area contributed by atoms with Crippen molar-refractivity contribution in [1.29, 1.82) is 0 Å². The summed E-state index contributed by atoms with van der Waals surface area (Å²) in [5.74, 6) is -0.783. The molecule has 13 heteroatoms. The van der Waals surface area contributed by atoms with Gasteiger partial charge in [0.15, 0.2) is 13.9 Å². The van der Waals surface area contributed by atoms with Gasteiger partial charge in [0, 0.05) is 41.1 Å². The van der Waals surface area contributed by atoms with E-state index in [4.69, 9.17) is 4.74 Å². The number of amides is 2. The molecule has 5 aromatic rings. The van der Waals surface area contributed by atoms with Crippen LogP contribution in [-0.2, 0) is 33.0 Å². The van der Waals surface area contributed by atoms with Crippen molar-refractivity contribution in [3.8, 4) is 0 Å². The van der Waals surface area contributed by atoms with E-state index in [1.807, 2.05) is 126 Å². The highest BCUT2D eigenvalue weighted by atomic mass is 28.4. The largest absolute Gasteiger partial charge is 0.432 e. The topological polar surface area (TPSA) is 136 Å². The van der Waals surface area contributed by atoms with Crippen LogP contribution in [0.3, 0.4) is 0 Å². The second-order valence-corrected chi connectivity index (χ2v) is 21.2. The molecule has 5 atom stereocenters. The zero-order chi connectivity index (χ0) is 40.9. The van der Waals surface area contributed by atoms with Gasteiger partial charge in [0.25, 0.3) is 11.8 Å². The van der Waals surface area contributed by atoms with Gasteiger partial charge in [-0.2, -0.15) is 0 Å². The number of aliphatic hydroxyl groups is 1. The summed E-state index contributed by atoms with van der Waals surface area (Å²) in [5, 5.41) is 22.6. The van der Waals surface area contributed by atoms with Gasteiger partial charge in [0.2, 0.25) is 0 Å². The fourth-order valence-electron chi connectivity index (χ4n) is 10.5. The van der Waals surface area contributed by atoms with Crippen molar-refractivity contribution in [1.82, 2.24) is 20.3 Å². The molecule has 306 valence electrons. The van der Waals surface area contributed by atoms with Crippen molar-refractivity contribution < 1.29 is 24.2 Å². The van der Waals surface area contributed by atoms with Crippen molar-refractivity contribution in [2.45, 2.75) is 81.1 Å². The summed E-state index contributed by atoms with van der Waals surface area (Å²) in [6.07, 6.45) is 3.26. The normalized spacial score (nSPS) is 24.4. The third kappa shape index (κ3) is 6.69. The summed E-state index contributed by atoms with van der Waals surface area (Å²) >= 11 is 0. The third-order valence-corrected chi connectivity index (χ3v) is 15.8. The molecule has 4 aromatic carbocycles. The summed E-state index contributed by atoms with van der Waals surface area (Å²) in [4.78, 5) is 48.1. The smallest absolute Gasteiger partial charge is 0.264 e. The number of nitrogens with zero attached hydrogens (tertiary/aromatic N) is 6. The molecule has 4 aliphatic heterocycles. The number of aryl methyl sites for hydroxylation is 1. The molecule has 1 aromatic heterocycles. The maximum Gasteiger partial charge on any atom is 0.264 e. The lowest BCUT2D eigenvalue weighted by Gasteiger charge is -2.39. The van der Waals surface area contributed by atoms with Gasteiger partial charge in [-0.1, -0.05) is 91.0 Å². The number of hydrogen-bond donors (Lipinski definition) is 3. The second-order valence-electron chi connectivity index (χ2n) is 17.2. The minimum Gasteiger partial charge on any atom is -0.432 e. The van der Waals surface area contributed by atoms with Crippen LogP contribution in [0.2, 0.25) is 18.6 Å². The Balaban J connectivity index is 1.08. The molecule has 0 aliphatic carbocycles. The van der Waals surface area contributed by atoms with Crippen molar-refractivity contribution in [3.63, 3.8) is 0 Å². The first kappa shape index (κ1) is 39.3. The lowest BCUT2D eigenvalue weighted by atomic mass is 9.82. The van der Waals surface area contributed by atoms with Crippen LogP contribution in [0.5, 0.6) is 0 Å². The molecular formula is C46H53N7O5Si. The molecule has 0 radical (unpaired) electrons. The van der Waals surface area contributed by atoms with Crippen LogP contribution < -0.4 is 20.0 Å². The molecule has 3 fully saturated rings. The summed E-state index contributed by atoms with van der Waals surface area (Å²) in [7, 11) is -2.97. The number of ether oxygens (including phenoxy) is 1. The first-order valence-corrected chi connectivity index (χ1v) is 23.9. The van der Waals surface area contributed by atoms with Gasteiger partial charge in [-0.25, -0.2) is 0 Å². The highest BCUT2D eigenvalue weighted by molar-refractivity contribution is 6.71. The predicted octanol–water partition coefficient (Wildman–Crippen LogP) is 5.77. The summed E-state index contributed by atoms with van der Waals surface area (Å²) in [6.45, 7) is 8.50. The summed E-state index contributed by atoms with van der Waals surface area (Å²) in [5.41, 5.74) is 3.47. The minimum absolute atomic E-state index is 0.0604. The number of anilines is 3. The fraction of sp³-hybridized carbons (Fsp3) is 0.391. The molecule has 0 saturated carbocycles. The fourth-order valence-corrected chi connectivity index (χ4v) is 13.1. The molecule has 2 amide bonds. The van der Waals surface area contributed by atoms with Crippen molar-refractivity contribution >= 4 is 37.2 Å². The van der Waals surface area contributed by atoms with Gasteiger partial charge in [-0.05, 0) is 86.9 Å². The Labute approximate surface area is 346 Å². The van der Waals surface area contributed by atoms with E-state index in [1.54, 1.807) is 4.68 Å². The Bertz CT molecular complexity index is 2300. The molecule has 12 nitrogen and oxygen atoms in total. The molecule has 2 spiro atoms. The monoisotopic (exact) mass is 811 g/mol. The number of para-hydroxylation sites is 1. The number of aliphatic hydroxyl groups excluding tert-OH is 1. The quantitative estimate of drug-likeness (QED) is 0.142. The number of carbonyl (C=O) groups is 2. The van der Waals surface area contributed by atoms with E-state index in [2.05, 4.69) is 39.6 Å². The Morgan fingerprint density at radius 1 is 0.898 bits per heavy atom. The number of hydrogen-bond acceptors (Lipinski definition) is 9. The maximum atomic E-state index is 15.3. The highest BCUT2D eigenvalue weighted by Gasteiger charge is 2.66. The Kier molecular flexibility index (Phi) is 10.3. The van der Waals surface area contributed by atoms with Gasteiger partial charge >= 0.3 is 0 Å². The number of aromatic nitrogens is 3. The first-order valence-electron chi connectivity index (χ1n) is 20.9. The van der Waals surface area contributed by atoms with Crippen molar-refractivity contribution in [2.75, 3.05) is 41.1 Å². The van der Waals surface area contributed by atoms with E-state index in [0.29, 0.717) is 44.7 Å². The summed E-state index contributed by atoms with van der Waals surface area (Å²) in [6, 6.07) is 35.9. The number of fused-ring (bicyclic) bond motifs is 2. The minimum atomic E-state index is -2.97. The molecule has 1 unspecified atom stereocenters. The Morgan fingerprint density at radius 3 is 2.25 bits per heavy atom. The highest BCUT2D eigenvalue weighted by Crippen LogP contribution is 2.60. The van der Waals surface area contributed by atoms with E-state index >= 15 is 4.79 Å². The van der Waals surface area contributed by atoms with Crippen LogP contribution in [0, 0.1) is 5.92 Å². The van der Waals surface area contributed by atoms with Gasteiger partial charge < -0.3 is 29.8 Å². The van der Waals surface area contributed by atoms with Crippen LogP contribution in [0.4, 0.5) is 17.1 Å². The SMILES string of the molecule is C[C@@H]1[C@@H]([Si](C)(C)O)[C@H](CCn2cc(C(CO)c3ccccc3)nn2)O[C@@]12C(=O)N(Cc1ccccc1)c1ccc(N3CN(c4ccccc4)C4(CCNCC4)C3=O)cc12. The Morgan fingerprint density at radius 2 is 1.58 bits per heavy atom. The van der Waals surface area contributed by atoms with E-state index in [-0.39, 0.29) is 35.8 Å². The zero-order valence-corrected chi connectivity index (χ0v) is 34.9. The molecule has 59 heavy (non-hydrogen) atoms. The second kappa shape index (κ2) is 15.4. The van der Waals surface area contributed by atoms with Gasteiger partial charge in [0.05, 0.1) is 43.2 Å². The standard InChI is InChI=1S/C46H53N7O5Si/c1-32-42(59(2,3)57)41(21-26-50-29-39(48-49-50)37(30-54)34-15-9-5-10-16-34)58-46(32)38-27-36(19-20-40(38)51(44(46)56)28-33-13-7-4-8-14-33)52-31-53(35-17-11-6-12-18-35)45(43(52)55)22-24-47-25-23-45/h4-20,27,29,32,37,41-42,47,54,57H,21-26,28,30-31H2,1-3H3/t32-,37?,41+,42-,46+/m1/s1. The first-order chi connectivity index (χ1) is 28.5. The van der Waals surface area contributed by atoms with Crippen molar-refractivity contribution in [2.24, 2.45) is 5.92 Å². The number of benzene rings is 4. The maximum absolute atomic E-state index is 15.3. The molecule has 4 aliphatic rings. The molecule has 9 rings (SSSR count). The average molecular weight is 812 g/mol. The van der Waals surface area contributed by atoms with Gasteiger partial charge in [-0.3, -0.25) is 19.2 Å². The predicted molar refractivity (Wildman–Crippen MR) is 229 cm³/mol. The third-order valence-electron chi connectivity index (χ3n) is 13.3. The van der Waals surface area contributed by atoms with E-state index in [0.717, 1.165) is 46.8 Å².